The smallest absolute Gasteiger partial charge is 0.253 e. The van der Waals surface area contributed by atoms with Gasteiger partial charge in [-0.2, -0.15) is 0 Å². The van der Waals surface area contributed by atoms with Gasteiger partial charge in [0.2, 0.25) is 6.43 Å². The lowest BCUT2D eigenvalue weighted by Crippen LogP contribution is -2.48. The van der Waals surface area contributed by atoms with Gasteiger partial charge < -0.3 is 10.0 Å². The zero-order valence-corrected chi connectivity index (χ0v) is 9.80. The van der Waals surface area contributed by atoms with Gasteiger partial charge in [-0.15, -0.1) is 0 Å². The molecule has 5 heteroatoms. The lowest BCUT2D eigenvalue weighted by atomic mass is 9.96. The average molecular weight is 255 g/mol. The van der Waals surface area contributed by atoms with E-state index in [1.165, 1.54) is 4.90 Å². The number of hydrogen-bond acceptors (Lipinski definition) is 2. The molecule has 1 saturated heterocycles. The van der Waals surface area contributed by atoms with Crippen LogP contribution in [0.15, 0.2) is 30.3 Å². The second-order valence-electron chi connectivity index (χ2n) is 4.56. The Morgan fingerprint density at radius 3 is 2.56 bits per heavy atom. The number of aliphatic hydroxyl groups is 1. The summed E-state index contributed by atoms with van der Waals surface area (Å²) in [4.78, 5) is 13.4. The van der Waals surface area contributed by atoms with Crippen molar-refractivity contribution in [2.75, 3.05) is 13.1 Å². The maximum atomic E-state index is 12.7. The van der Waals surface area contributed by atoms with Crippen molar-refractivity contribution in [2.24, 2.45) is 5.92 Å². The molecule has 0 bridgehead atoms. The van der Waals surface area contributed by atoms with Crippen LogP contribution in [0.1, 0.15) is 16.8 Å². The number of amides is 1. The van der Waals surface area contributed by atoms with Gasteiger partial charge in [-0.25, -0.2) is 8.78 Å². The lowest BCUT2D eigenvalue weighted by molar-refractivity contribution is -0.0194. The van der Waals surface area contributed by atoms with Gasteiger partial charge in [0.25, 0.3) is 5.91 Å². The van der Waals surface area contributed by atoms with Gasteiger partial charge in [-0.1, -0.05) is 18.2 Å². The molecular formula is C13H15F2NO2. The van der Waals surface area contributed by atoms with Crippen molar-refractivity contribution in [3.8, 4) is 0 Å². The van der Waals surface area contributed by atoms with E-state index in [0.29, 0.717) is 5.56 Å². The molecule has 1 fully saturated rings. The van der Waals surface area contributed by atoms with Crippen LogP contribution in [0, 0.1) is 5.92 Å². The fourth-order valence-electron chi connectivity index (χ4n) is 2.22. The molecule has 1 heterocycles. The van der Waals surface area contributed by atoms with E-state index in [-0.39, 0.29) is 25.4 Å². The number of hydrogen-bond donors (Lipinski definition) is 1. The van der Waals surface area contributed by atoms with E-state index in [2.05, 4.69) is 0 Å². The Kier molecular flexibility index (Phi) is 3.91. The number of likely N-dealkylation sites (tertiary alicyclic amines) is 1. The molecule has 1 aromatic rings. The predicted molar refractivity (Wildman–Crippen MR) is 62.5 cm³/mol. The van der Waals surface area contributed by atoms with Crippen molar-refractivity contribution in [3.63, 3.8) is 0 Å². The Morgan fingerprint density at radius 2 is 1.94 bits per heavy atom. The number of carbonyl (C=O) groups is 1. The van der Waals surface area contributed by atoms with E-state index in [4.69, 9.17) is 0 Å². The highest BCUT2D eigenvalue weighted by Gasteiger charge is 2.34. The quantitative estimate of drug-likeness (QED) is 0.875. The Hall–Kier alpha value is -1.49. The normalized spacial score (nSPS) is 24.3. The first kappa shape index (κ1) is 13.0. The van der Waals surface area contributed by atoms with Crippen molar-refractivity contribution in [1.29, 1.82) is 0 Å². The van der Waals surface area contributed by atoms with Crippen molar-refractivity contribution in [1.82, 2.24) is 4.90 Å². The third-order valence-corrected chi connectivity index (χ3v) is 3.13. The molecule has 98 valence electrons. The molecule has 0 saturated carbocycles. The van der Waals surface area contributed by atoms with Crippen molar-refractivity contribution in [3.05, 3.63) is 35.9 Å². The average Bonchev–Trinajstić information content (AvgIpc) is 2.38. The maximum Gasteiger partial charge on any atom is 0.253 e. The summed E-state index contributed by atoms with van der Waals surface area (Å²) in [6.45, 7) is 0.124. The van der Waals surface area contributed by atoms with Gasteiger partial charge >= 0.3 is 0 Å². The zero-order valence-electron chi connectivity index (χ0n) is 9.80. The third-order valence-electron chi connectivity index (χ3n) is 3.13. The molecular weight excluding hydrogens is 240 g/mol. The number of piperidine rings is 1. The molecule has 0 spiro atoms. The van der Waals surface area contributed by atoms with Crippen LogP contribution < -0.4 is 0 Å². The molecule has 3 nitrogen and oxygen atoms in total. The lowest BCUT2D eigenvalue weighted by Gasteiger charge is -2.35. The number of β-amino-alcohol motifs (C(OH)–C–C–N with tert-alkyl or cyclic N) is 1. The molecule has 18 heavy (non-hydrogen) atoms. The van der Waals surface area contributed by atoms with Crippen LogP contribution in [0.2, 0.25) is 0 Å². The van der Waals surface area contributed by atoms with Gasteiger partial charge in [0, 0.05) is 24.6 Å². The first-order valence-electron chi connectivity index (χ1n) is 5.88. The number of alkyl halides is 2. The Balaban J connectivity index is 2.10. The molecule has 0 aromatic heterocycles. The molecule has 2 atom stereocenters. The highest BCUT2D eigenvalue weighted by atomic mass is 19.3. The van der Waals surface area contributed by atoms with E-state index >= 15 is 0 Å². The van der Waals surface area contributed by atoms with Gasteiger partial charge in [0.1, 0.15) is 0 Å². The summed E-state index contributed by atoms with van der Waals surface area (Å²) in [5.74, 6) is -1.25. The SMILES string of the molecule is O=C(c1ccccc1)N1C[C@@H](O)C[C@@H](C(F)F)C1. The summed E-state index contributed by atoms with van der Waals surface area (Å²) in [5.41, 5.74) is 0.458. The topological polar surface area (TPSA) is 40.5 Å². The Morgan fingerprint density at radius 1 is 1.28 bits per heavy atom. The van der Waals surface area contributed by atoms with Crippen LogP contribution in [0.25, 0.3) is 0 Å². The molecule has 1 N–H and O–H groups in total. The van der Waals surface area contributed by atoms with E-state index in [1.807, 2.05) is 0 Å². The number of halogens is 2. The first-order chi connectivity index (χ1) is 8.58. The van der Waals surface area contributed by atoms with Crippen LogP contribution in [-0.2, 0) is 0 Å². The van der Waals surface area contributed by atoms with E-state index in [0.717, 1.165) is 0 Å². The van der Waals surface area contributed by atoms with Gasteiger partial charge in [-0.3, -0.25) is 4.79 Å². The van der Waals surface area contributed by atoms with Crippen molar-refractivity contribution in [2.45, 2.75) is 19.0 Å². The molecule has 1 aliphatic heterocycles. The Bertz CT molecular complexity index is 411. The summed E-state index contributed by atoms with van der Waals surface area (Å²) in [6.07, 6.45) is -3.33. The van der Waals surface area contributed by atoms with Gasteiger partial charge in [0.05, 0.1) is 6.10 Å². The molecule has 1 aliphatic rings. The molecule has 1 aromatic carbocycles. The van der Waals surface area contributed by atoms with Crippen LogP contribution in [-0.4, -0.2) is 41.5 Å². The highest BCUT2D eigenvalue weighted by Crippen LogP contribution is 2.24. The van der Waals surface area contributed by atoms with E-state index in [9.17, 15) is 18.7 Å². The van der Waals surface area contributed by atoms with Crippen molar-refractivity contribution < 1.29 is 18.7 Å². The summed E-state index contributed by atoms with van der Waals surface area (Å²) in [6, 6.07) is 8.50. The van der Waals surface area contributed by atoms with Crippen LogP contribution in [0.4, 0.5) is 8.78 Å². The van der Waals surface area contributed by atoms with Crippen LogP contribution in [0.5, 0.6) is 0 Å². The van der Waals surface area contributed by atoms with Gasteiger partial charge in [0.15, 0.2) is 0 Å². The minimum atomic E-state index is -2.51. The van der Waals surface area contributed by atoms with Crippen LogP contribution in [0.3, 0.4) is 0 Å². The first-order valence-corrected chi connectivity index (χ1v) is 5.88. The summed E-state index contributed by atoms with van der Waals surface area (Å²) < 4.78 is 25.4. The predicted octanol–water partition coefficient (Wildman–Crippen LogP) is 1.77. The molecule has 0 aliphatic carbocycles. The number of benzene rings is 1. The summed E-state index contributed by atoms with van der Waals surface area (Å²) in [7, 11) is 0. The van der Waals surface area contributed by atoms with Gasteiger partial charge in [-0.05, 0) is 18.6 Å². The number of aliphatic hydroxyl groups excluding tert-OH is 1. The summed E-state index contributed by atoms with van der Waals surface area (Å²) in [5, 5.41) is 9.57. The second kappa shape index (κ2) is 5.44. The number of carbonyl (C=O) groups excluding carboxylic acids is 1. The molecule has 0 unspecified atom stereocenters. The van der Waals surface area contributed by atoms with E-state index < -0.39 is 18.4 Å². The minimum absolute atomic E-state index is 0.00243. The zero-order chi connectivity index (χ0) is 13.1. The fraction of sp³-hybridized carbons (Fsp3) is 0.462. The standard InChI is InChI=1S/C13H15F2NO2/c14-12(15)10-6-11(17)8-16(7-10)13(18)9-4-2-1-3-5-9/h1-5,10-12,17H,6-8H2/t10-,11+/m1/s1. The maximum absolute atomic E-state index is 12.7. The van der Waals surface area contributed by atoms with E-state index in [1.54, 1.807) is 30.3 Å². The molecule has 0 radical (unpaired) electrons. The van der Waals surface area contributed by atoms with Crippen LogP contribution >= 0.6 is 0 Å². The molecule has 1 amide bonds. The largest absolute Gasteiger partial charge is 0.391 e. The second-order valence-corrected chi connectivity index (χ2v) is 4.56. The van der Waals surface area contributed by atoms with Crippen molar-refractivity contribution >= 4 is 5.91 Å². The third kappa shape index (κ3) is 2.85. The monoisotopic (exact) mass is 255 g/mol. The molecule has 2 rings (SSSR count). The number of rotatable bonds is 2. The summed E-state index contributed by atoms with van der Waals surface area (Å²) >= 11 is 0. The minimum Gasteiger partial charge on any atom is -0.391 e. The number of nitrogens with zero attached hydrogens (tertiary/aromatic N) is 1. The Labute approximate surface area is 104 Å². The highest BCUT2D eigenvalue weighted by molar-refractivity contribution is 5.94. The fourth-order valence-corrected chi connectivity index (χ4v) is 2.22.